The van der Waals surface area contributed by atoms with Gasteiger partial charge in [0.05, 0.1) is 5.75 Å². The number of anilines is 2. The maximum absolute atomic E-state index is 12.0. The van der Waals surface area contributed by atoms with Gasteiger partial charge >= 0.3 is 0 Å². The van der Waals surface area contributed by atoms with Crippen molar-refractivity contribution in [3.05, 3.63) is 53.6 Å². The Morgan fingerprint density at radius 1 is 0.913 bits per heavy atom. The predicted octanol–water partition coefficient (Wildman–Crippen LogP) is 3.99. The van der Waals surface area contributed by atoms with Crippen molar-refractivity contribution >= 4 is 35.0 Å². The second-order valence-electron chi connectivity index (χ2n) is 5.34. The molecule has 120 valence electrons. The maximum atomic E-state index is 12.0. The highest BCUT2D eigenvalue weighted by molar-refractivity contribution is 8.00. The van der Waals surface area contributed by atoms with Gasteiger partial charge in [0.15, 0.2) is 0 Å². The molecule has 0 aromatic heterocycles. The van der Waals surface area contributed by atoms with E-state index in [0.717, 1.165) is 4.90 Å². The molecular formula is C18H20N2O2S. The molecule has 2 rings (SSSR count). The van der Waals surface area contributed by atoms with E-state index in [4.69, 9.17) is 0 Å². The van der Waals surface area contributed by atoms with Crippen LogP contribution in [0.25, 0.3) is 0 Å². The molecule has 2 aromatic rings. The van der Waals surface area contributed by atoms with E-state index in [-0.39, 0.29) is 11.8 Å². The van der Waals surface area contributed by atoms with E-state index in [1.807, 2.05) is 6.07 Å². The SMILES string of the molecule is CC(=O)Nc1ccc(NC(=O)CSc2ccc(C)c(C)c2)cc1. The lowest BCUT2D eigenvalue weighted by Gasteiger charge is -2.08. The van der Waals surface area contributed by atoms with Crippen LogP contribution >= 0.6 is 11.8 Å². The molecular weight excluding hydrogens is 308 g/mol. The van der Waals surface area contributed by atoms with Gasteiger partial charge in [-0.05, 0) is 61.4 Å². The Hall–Kier alpha value is -2.27. The summed E-state index contributed by atoms with van der Waals surface area (Å²) in [6.07, 6.45) is 0. The van der Waals surface area contributed by atoms with Crippen LogP contribution in [-0.4, -0.2) is 17.6 Å². The molecule has 0 fully saturated rings. The number of amides is 2. The number of hydrogen-bond donors (Lipinski definition) is 2. The van der Waals surface area contributed by atoms with Crippen LogP contribution in [0.5, 0.6) is 0 Å². The number of hydrogen-bond acceptors (Lipinski definition) is 3. The largest absolute Gasteiger partial charge is 0.326 e. The zero-order valence-corrected chi connectivity index (χ0v) is 14.3. The second kappa shape index (κ2) is 7.83. The zero-order valence-electron chi connectivity index (χ0n) is 13.5. The average molecular weight is 328 g/mol. The standard InChI is InChI=1S/C18H20N2O2S/c1-12-4-9-17(10-13(12)2)23-11-18(22)20-16-7-5-15(6-8-16)19-14(3)21/h4-10H,11H2,1-3H3,(H,19,21)(H,20,22). The molecule has 5 heteroatoms. The molecule has 0 saturated carbocycles. The number of carbonyl (C=O) groups is 2. The third-order valence-corrected chi connectivity index (χ3v) is 4.33. The third-order valence-electron chi connectivity index (χ3n) is 3.34. The number of rotatable bonds is 5. The van der Waals surface area contributed by atoms with Crippen LogP contribution in [0.1, 0.15) is 18.1 Å². The van der Waals surface area contributed by atoms with Gasteiger partial charge < -0.3 is 10.6 Å². The molecule has 0 aliphatic rings. The molecule has 23 heavy (non-hydrogen) atoms. The molecule has 0 bridgehead atoms. The normalized spacial score (nSPS) is 10.2. The minimum Gasteiger partial charge on any atom is -0.326 e. The fourth-order valence-corrected chi connectivity index (χ4v) is 2.78. The maximum Gasteiger partial charge on any atom is 0.234 e. The predicted molar refractivity (Wildman–Crippen MR) is 96.0 cm³/mol. The Balaban J connectivity index is 1.86. The van der Waals surface area contributed by atoms with E-state index in [0.29, 0.717) is 17.1 Å². The first-order valence-corrected chi connectivity index (χ1v) is 8.30. The molecule has 4 nitrogen and oxygen atoms in total. The molecule has 0 radical (unpaired) electrons. The van der Waals surface area contributed by atoms with Gasteiger partial charge in [-0.25, -0.2) is 0 Å². The Labute approximate surface area is 140 Å². The van der Waals surface area contributed by atoms with Gasteiger partial charge in [0.1, 0.15) is 0 Å². The highest BCUT2D eigenvalue weighted by atomic mass is 32.2. The van der Waals surface area contributed by atoms with Crippen molar-refractivity contribution in [3.8, 4) is 0 Å². The summed E-state index contributed by atoms with van der Waals surface area (Å²) >= 11 is 1.51. The topological polar surface area (TPSA) is 58.2 Å². The Morgan fingerprint density at radius 3 is 2.09 bits per heavy atom. The van der Waals surface area contributed by atoms with Crippen LogP contribution in [0.2, 0.25) is 0 Å². The molecule has 0 aliphatic heterocycles. The van der Waals surface area contributed by atoms with E-state index in [9.17, 15) is 9.59 Å². The van der Waals surface area contributed by atoms with Crippen molar-refractivity contribution in [1.82, 2.24) is 0 Å². The van der Waals surface area contributed by atoms with Gasteiger partial charge in [0.2, 0.25) is 11.8 Å². The van der Waals surface area contributed by atoms with Crippen LogP contribution in [0, 0.1) is 13.8 Å². The van der Waals surface area contributed by atoms with E-state index in [1.165, 1.54) is 29.8 Å². The number of carbonyl (C=O) groups excluding carboxylic acids is 2. The molecule has 0 spiro atoms. The molecule has 0 heterocycles. The monoisotopic (exact) mass is 328 g/mol. The summed E-state index contributed by atoms with van der Waals surface area (Å²) in [5.41, 5.74) is 3.90. The second-order valence-corrected chi connectivity index (χ2v) is 6.39. The lowest BCUT2D eigenvalue weighted by atomic mass is 10.1. The van der Waals surface area contributed by atoms with E-state index < -0.39 is 0 Å². The van der Waals surface area contributed by atoms with Crippen LogP contribution < -0.4 is 10.6 Å². The van der Waals surface area contributed by atoms with E-state index >= 15 is 0 Å². The smallest absolute Gasteiger partial charge is 0.234 e. The fraction of sp³-hybridized carbons (Fsp3) is 0.222. The molecule has 2 N–H and O–H groups in total. The summed E-state index contributed by atoms with van der Waals surface area (Å²) in [4.78, 5) is 24.0. The van der Waals surface area contributed by atoms with Crippen molar-refractivity contribution < 1.29 is 9.59 Å². The van der Waals surface area contributed by atoms with Gasteiger partial charge in [-0.3, -0.25) is 9.59 Å². The molecule has 2 aromatic carbocycles. The number of benzene rings is 2. The van der Waals surface area contributed by atoms with Crippen LogP contribution in [0.4, 0.5) is 11.4 Å². The lowest BCUT2D eigenvalue weighted by Crippen LogP contribution is -2.14. The number of thioether (sulfide) groups is 1. The summed E-state index contributed by atoms with van der Waals surface area (Å²) in [5.74, 6) is 0.183. The van der Waals surface area contributed by atoms with Crippen LogP contribution in [-0.2, 0) is 9.59 Å². The minimum absolute atomic E-state index is 0.0551. The van der Waals surface area contributed by atoms with Gasteiger partial charge in [-0.2, -0.15) is 0 Å². The quantitative estimate of drug-likeness (QED) is 0.816. The molecule has 0 saturated heterocycles. The lowest BCUT2D eigenvalue weighted by molar-refractivity contribution is -0.114. The van der Waals surface area contributed by atoms with Gasteiger partial charge in [-0.1, -0.05) is 6.07 Å². The van der Waals surface area contributed by atoms with Gasteiger partial charge in [0.25, 0.3) is 0 Å². The molecule has 0 aliphatic carbocycles. The summed E-state index contributed by atoms with van der Waals surface area (Å²) in [7, 11) is 0. The van der Waals surface area contributed by atoms with Crippen molar-refractivity contribution in [2.75, 3.05) is 16.4 Å². The van der Waals surface area contributed by atoms with Gasteiger partial charge in [0, 0.05) is 23.2 Å². The van der Waals surface area contributed by atoms with Crippen molar-refractivity contribution in [2.45, 2.75) is 25.7 Å². The van der Waals surface area contributed by atoms with Crippen molar-refractivity contribution in [1.29, 1.82) is 0 Å². The summed E-state index contributed by atoms with van der Waals surface area (Å²) in [6, 6.07) is 13.2. The molecule has 0 unspecified atom stereocenters. The first-order chi connectivity index (χ1) is 10.9. The number of aryl methyl sites for hydroxylation is 2. The molecule has 0 atom stereocenters. The highest BCUT2D eigenvalue weighted by Gasteiger charge is 2.05. The Bertz CT molecular complexity index is 711. The first kappa shape index (κ1) is 17.1. The van der Waals surface area contributed by atoms with E-state index in [2.05, 4.69) is 36.6 Å². The first-order valence-electron chi connectivity index (χ1n) is 7.31. The van der Waals surface area contributed by atoms with Crippen LogP contribution in [0.3, 0.4) is 0 Å². The minimum atomic E-state index is -0.119. The Kier molecular flexibility index (Phi) is 5.82. The molecule has 2 amide bonds. The highest BCUT2D eigenvalue weighted by Crippen LogP contribution is 2.21. The number of nitrogens with one attached hydrogen (secondary N) is 2. The van der Waals surface area contributed by atoms with Gasteiger partial charge in [-0.15, -0.1) is 11.8 Å². The van der Waals surface area contributed by atoms with Crippen molar-refractivity contribution in [2.24, 2.45) is 0 Å². The summed E-state index contributed by atoms with van der Waals surface area (Å²) < 4.78 is 0. The average Bonchev–Trinajstić information content (AvgIpc) is 2.50. The Morgan fingerprint density at radius 2 is 1.52 bits per heavy atom. The summed E-state index contributed by atoms with van der Waals surface area (Å²) in [5, 5.41) is 5.53. The summed E-state index contributed by atoms with van der Waals surface area (Å²) in [6.45, 7) is 5.59. The van der Waals surface area contributed by atoms with Crippen LogP contribution in [0.15, 0.2) is 47.4 Å². The third kappa shape index (κ3) is 5.45. The fourth-order valence-electron chi connectivity index (χ4n) is 1.99. The zero-order chi connectivity index (χ0) is 16.8. The van der Waals surface area contributed by atoms with E-state index in [1.54, 1.807) is 24.3 Å². The van der Waals surface area contributed by atoms with Crippen molar-refractivity contribution in [3.63, 3.8) is 0 Å².